The van der Waals surface area contributed by atoms with Gasteiger partial charge in [0, 0.05) is 0 Å². The van der Waals surface area contributed by atoms with E-state index in [0.29, 0.717) is 5.65 Å². The van der Waals surface area contributed by atoms with E-state index in [1.807, 2.05) is 12.1 Å². The van der Waals surface area contributed by atoms with E-state index in [1.165, 1.54) is 15.8 Å². The maximum absolute atomic E-state index is 4.39. The van der Waals surface area contributed by atoms with Crippen molar-refractivity contribution < 1.29 is 0 Å². The molecule has 0 amide bonds. The van der Waals surface area contributed by atoms with Gasteiger partial charge in [0.15, 0.2) is 5.65 Å². The number of aromatic nitrogens is 5. The van der Waals surface area contributed by atoms with Crippen LogP contribution in [0.3, 0.4) is 0 Å². The van der Waals surface area contributed by atoms with Crippen molar-refractivity contribution in [3.05, 3.63) is 47.5 Å². The van der Waals surface area contributed by atoms with Crippen LogP contribution in [0, 0.1) is 0 Å². The molecule has 1 aromatic carbocycles. The van der Waals surface area contributed by atoms with E-state index in [1.54, 1.807) is 0 Å². The lowest BCUT2D eigenvalue weighted by molar-refractivity contribution is 0.492. The zero-order chi connectivity index (χ0) is 14.4. The average Bonchev–Trinajstić information content (AvgIpc) is 3.02. The molecule has 1 aliphatic carbocycles. The first kappa shape index (κ1) is 12.3. The van der Waals surface area contributed by atoms with Crippen LogP contribution in [0.2, 0.25) is 0 Å². The van der Waals surface area contributed by atoms with E-state index in [2.05, 4.69) is 64.1 Å². The van der Waals surface area contributed by atoms with Crippen molar-refractivity contribution in [2.45, 2.75) is 31.7 Å². The summed E-state index contributed by atoms with van der Waals surface area (Å²) in [5.41, 5.74) is 3.58. The summed E-state index contributed by atoms with van der Waals surface area (Å²) in [6, 6.07) is 12.6. The van der Waals surface area contributed by atoms with Gasteiger partial charge in [-0.25, -0.2) is 0 Å². The van der Waals surface area contributed by atoms with Crippen LogP contribution in [0.25, 0.3) is 5.65 Å². The second-order valence-electron chi connectivity index (χ2n) is 6.12. The number of hydrogen-bond donors (Lipinski definition) is 1. The molecule has 1 atom stereocenters. The molecule has 2 heterocycles. The Labute approximate surface area is 122 Å². The highest BCUT2D eigenvalue weighted by molar-refractivity contribution is 5.48. The first-order valence-corrected chi connectivity index (χ1v) is 7.05. The van der Waals surface area contributed by atoms with Crippen molar-refractivity contribution in [1.82, 2.24) is 25.3 Å². The van der Waals surface area contributed by atoms with Crippen LogP contribution in [-0.4, -0.2) is 25.3 Å². The summed E-state index contributed by atoms with van der Waals surface area (Å²) in [4.78, 5) is 0. The van der Waals surface area contributed by atoms with Crippen molar-refractivity contribution in [2.75, 3.05) is 5.32 Å². The summed E-state index contributed by atoms with van der Waals surface area (Å²) in [7, 11) is 0. The molecular formula is C15H16N6. The molecule has 0 bridgehead atoms. The third-order valence-corrected chi connectivity index (χ3v) is 4.17. The van der Waals surface area contributed by atoms with Gasteiger partial charge in [0.2, 0.25) is 0 Å². The number of rotatable bonds is 2. The molecule has 0 aliphatic heterocycles. The first-order chi connectivity index (χ1) is 10.1. The van der Waals surface area contributed by atoms with Crippen molar-refractivity contribution >= 4 is 11.5 Å². The maximum Gasteiger partial charge on any atom is 0.200 e. The van der Waals surface area contributed by atoms with Crippen molar-refractivity contribution in [3.8, 4) is 0 Å². The molecule has 4 rings (SSSR count). The summed E-state index contributed by atoms with van der Waals surface area (Å²) < 4.78 is 1.44. The minimum atomic E-state index is 0.174. The minimum Gasteiger partial charge on any atom is -0.362 e. The molecule has 1 aliphatic rings. The molecule has 1 N–H and O–H groups in total. The van der Waals surface area contributed by atoms with Gasteiger partial charge >= 0.3 is 0 Å². The lowest BCUT2D eigenvalue weighted by Crippen LogP contribution is -2.15. The number of tetrazole rings is 1. The summed E-state index contributed by atoms with van der Waals surface area (Å²) in [6.45, 7) is 4.57. The normalized spacial score (nSPS) is 19.6. The van der Waals surface area contributed by atoms with E-state index in [4.69, 9.17) is 0 Å². The zero-order valence-electron chi connectivity index (χ0n) is 12.0. The van der Waals surface area contributed by atoms with Crippen LogP contribution in [0.15, 0.2) is 36.4 Å². The van der Waals surface area contributed by atoms with Crippen molar-refractivity contribution in [3.63, 3.8) is 0 Å². The lowest BCUT2D eigenvalue weighted by atomic mass is 9.86. The van der Waals surface area contributed by atoms with Gasteiger partial charge in [0.05, 0.1) is 6.04 Å². The molecule has 0 saturated heterocycles. The molecule has 0 fully saturated rings. The van der Waals surface area contributed by atoms with Crippen LogP contribution in [0.5, 0.6) is 0 Å². The molecular weight excluding hydrogens is 264 g/mol. The van der Waals surface area contributed by atoms with Gasteiger partial charge in [-0.05, 0) is 45.5 Å². The molecule has 6 heteroatoms. The van der Waals surface area contributed by atoms with E-state index in [-0.39, 0.29) is 11.5 Å². The standard InChI is InChI=1S/C15H16N6/c1-15(2)9-12(10-5-3-4-6-11(10)15)16-13-7-8-14-17-19-20-21(14)18-13/h3-8,12H,9H2,1-2H3,(H,16,18). The van der Waals surface area contributed by atoms with Gasteiger partial charge in [-0.15, -0.1) is 14.8 Å². The molecule has 2 aromatic heterocycles. The highest BCUT2D eigenvalue weighted by Gasteiger charge is 2.36. The average molecular weight is 280 g/mol. The molecule has 0 saturated carbocycles. The quantitative estimate of drug-likeness (QED) is 0.780. The number of hydrogen-bond acceptors (Lipinski definition) is 5. The van der Waals surface area contributed by atoms with Gasteiger partial charge < -0.3 is 5.32 Å². The topological polar surface area (TPSA) is 68.0 Å². The van der Waals surface area contributed by atoms with Crippen LogP contribution in [0.4, 0.5) is 5.82 Å². The zero-order valence-corrected chi connectivity index (χ0v) is 12.0. The number of fused-ring (bicyclic) bond motifs is 2. The summed E-state index contributed by atoms with van der Waals surface area (Å²) in [5, 5.41) is 19.2. The number of nitrogens with one attached hydrogen (secondary N) is 1. The summed E-state index contributed by atoms with van der Waals surface area (Å²) in [6.07, 6.45) is 1.04. The highest BCUT2D eigenvalue weighted by Crippen LogP contribution is 2.45. The van der Waals surface area contributed by atoms with Crippen molar-refractivity contribution in [1.29, 1.82) is 0 Å². The second-order valence-corrected chi connectivity index (χ2v) is 6.12. The Morgan fingerprint density at radius 2 is 2.05 bits per heavy atom. The summed E-state index contributed by atoms with van der Waals surface area (Å²) >= 11 is 0. The fourth-order valence-electron chi connectivity index (χ4n) is 3.18. The Morgan fingerprint density at radius 3 is 2.95 bits per heavy atom. The van der Waals surface area contributed by atoms with E-state index in [9.17, 15) is 0 Å². The van der Waals surface area contributed by atoms with Crippen LogP contribution in [0.1, 0.15) is 37.4 Å². The third-order valence-electron chi connectivity index (χ3n) is 4.17. The van der Waals surface area contributed by atoms with Gasteiger partial charge in [-0.2, -0.15) is 0 Å². The van der Waals surface area contributed by atoms with Crippen LogP contribution >= 0.6 is 0 Å². The number of anilines is 1. The number of benzene rings is 1. The molecule has 6 nitrogen and oxygen atoms in total. The molecule has 106 valence electrons. The Hall–Kier alpha value is -2.50. The Kier molecular flexibility index (Phi) is 2.48. The molecule has 1 unspecified atom stereocenters. The highest BCUT2D eigenvalue weighted by atomic mass is 15.6. The predicted octanol–water partition coefficient (Wildman–Crippen LogP) is 2.35. The Balaban J connectivity index is 1.69. The van der Waals surface area contributed by atoms with Gasteiger partial charge in [-0.1, -0.05) is 38.1 Å². The number of nitrogens with zero attached hydrogens (tertiary/aromatic N) is 5. The van der Waals surface area contributed by atoms with Gasteiger partial charge in [0.25, 0.3) is 0 Å². The molecule has 3 aromatic rings. The maximum atomic E-state index is 4.39. The fraction of sp³-hybridized carbons (Fsp3) is 0.333. The third kappa shape index (κ3) is 1.94. The first-order valence-electron chi connectivity index (χ1n) is 7.05. The Bertz CT molecular complexity index is 807. The SMILES string of the molecule is CC1(C)CC(Nc2ccc3nnnn3n2)c2ccccc21. The van der Waals surface area contributed by atoms with Crippen LogP contribution in [-0.2, 0) is 5.41 Å². The van der Waals surface area contributed by atoms with Crippen molar-refractivity contribution in [2.24, 2.45) is 0 Å². The molecule has 0 radical (unpaired) electrons. The smallest absolute Gasteiger partial charge is 0.200 e. The van der Waals surface area contributed by atoms with Gasteiger partial charge in [-0.3, -0.25) is 0 Å². The fourth-order valence-corrected chi connectivity index (χ4v) is 3.18. The minimum absolute atomic E-state index is 0.174. The predicted molar refractivity (Wildman–Crippen MR) is 79.0 cm³/mol. The Morgan fingerprint density at radius 1 is 1.19 bits per heavy atom. The van der Waals surface area contributed by atoms with Gasteiger partial charge in [0.1, 0.15) is 5.82 Å². The van der Waals surface area contributed by atoms with E-state index >= 15 is 0 Å². The monoisotopic (exact) mass is 280 g/mol. The second kappa shape index (κ2) is 4.25. The molecule has 0 spiro atoms. The van der Waals surface area contributed by atoms with E-state index in [0.717, 1.165) is 12.2 Å². The molecule has 21 heavy (non-hydrogen) atoms. The van der Waals surface area contributed by atoms with Crippen LogP contribution < -0.4 is 5.32 Å². The summed E-state index contributed by atoms with van der Waals surface area (Å²) in [5.74, 6) is 0.785. The lowest BCUT2D eigenvalue weighted by Gasteiger charge is -2.19. The van der Waals surface area contributed by atoms with E-state index < -0.39 is 0 Å². The largest absolute Gasteiger partial charge is 0.362 e.